The van der Waals surface area contributed by atoms with Crippen LogP contribution in [0, 0.1) is 20.8 Å². The van der Waals surface area contributed by atoms with Gasteiger partial charge in [-0.05, 0) is 108 Å². The number of aryl methyl sites for hydroxylation is 3. The van der Waals surface area contributed by atoms with Crippen LogP contribution in [0.2, 0.25) is 0 Å². The zero-order valence-corrected chi connectivity index (χ0v) is 24.5. The van der Waals surface area contributed by atoms with E-state index in [1.807, 2.05) is 19.9 Å². The van der Waals surface area contributed by atoms with Crippen LogP contribution in [0.15, 0.2) is 63.0 Å². The standard InChI is InChI=1S/C29H26Br2N2O5/c1-5-37-25-14-20(13-24(31)26(25)38-15-19-7-6-16(2)17(3)10-19)12-22-27(34)32-29(36)33(28(22)35)21-8-9-23(30)18(4)11-21/h6-14H,5,15H2,1-4H3,(H,32,34,36)/b22-12-. The van der Waals surface area contributed by atoms with Gasteiger partial charge in [0.2, 0.25) is 0 Å². The van der Waals surface area contributed by atoms with Crippen molar-refractivity contribution in [2.45, 2.75) is 34.3 Å². The number of rotatable bonds is 7. The van der Waals surface area contributed by atoms with E-state index < -0.39 is 17.8 Å². The van der Waals surface area contributed by atoms with E-state index in [1.54, 1.807) is 30.3 Å². The largest absolute Gasteiger partial charge is 0.490 e. The maximum atomic E-state index is 13.3. The molecule has 38 heavy (non-hydrogen) atoms. The number of halogens is 2. The highest BCUT2D eigenvalue weighted by Gasteiger charge is 2.37. The number of carbonyl (C=O) groups excluding carboxylic acids is 3. The van der Waals surface area contributed by atoms with Gasteiger partial charge in [-0.15, -0.1) is 0 Å². The Morgan fingerprint density at radius 1 is 0.868 bits per heavy atom. The van der Waals surface area contributed by atoms with Crippen LogP contribution in [0.25, 0.3) is 6.08 Å². The van der Waals surface area contributed by atoms with Crippen molar-refractivity contribution in [2.75, 3.05) is 11.5 Å². The van der Waals surface area contributed by atoms with Gasteiger partial charge in [-0.3, -0.25) is 14.9 Å². The van der Waals surface area contributed by atoms with E-state index in [9.17, 15) is 14.4 Å². The Labute approximate surface area is 238 Å². The van der Waals surface area contributed by atoms with Gasteiger partial charge in [-0.1, -0.05) is 34.1 Å². The predicted octanol–water partition coefficient (Wildman–Crippen LogP) is 6.78. The summed E-state index contributed by atoms with van der Waals surface area (Å²) >= 11 is 6.96. The molecule has 7 nitrogen and oxygen atoms in total. The number of benzene rings is 3. The number of hydrogen-bond acceptors (Lipinski definition) is 5. The van der Waals surface area contributed by atoms with Gasteiger partial charge in [-0.2, -0.15) is 0 Å². The molecular formula is C29H26Br2N2O5. The van der Waals surface area contributed by atoms with Crippen LogP contribution in [-0.2, 0) is 16.2 Å². The van der Waals surface area contributed by atoms with Crippen molar-refractivity contribution in [1.82, 2.24) is 5.32 Å². The highest BCUT2D eigenvalue weighted by Crippen LogP contribution is 2.38. The first-order valence-corrected chi connectivity index (χ1v) is 13.5. The van der Waals surface area contributed by atoms with E-state index >= 15 is 0 Å². The summed E-state index contributed by atoms with van der Waals surface area (Å²) < 4.78 is 13.4. The number of hydrogen-bond donors (Lipinski definition) is 1. The molecule has 1 heterocycles. The molecule has 0 atom stereocenters. The first-order chi connectivity index (χ1) is 18.1. The van der Waals surface area contributed by atoms with Crippen molar-refractivity contribution in [3.8, 4) is 11.5 Å². The van der Waals surface area contributed by atoms with Crippen LogP contribution in [0.4, 0.5) is 10.5 Å². The number of imide groups is 2. The quantitative estimate of drug-likeness (QED) is 0.227. The van der Waals surface area contributed by atoms with E-state index in [1.165, 1.54) is 17.2 Å². The number of urea groups is 1. The summed E-state index contributed by atoms with van der Waals surface area (Å²) in [4.78, 5) is 39.5. The monoisotopic (exact) mass is 640 g/mol. The lowest BCUT2D eigenvalue weighted by Crippen LogP contribution is -2.54. The second-order valence-corrected chi connectivity index (χ2v) is 10.6. The van der Waals surface area contributed by atoms with Crippen molar-refractivity contribution in [3.63, 3.8) is 0 Å². The zero-order valence-electron chi connectivity index (χ0n) is 21.4. The Bertz CT molecular complexity index is 1480. The Morgan fingerprint density at radius 3 is 2.32 bits per heavy atom. The Hall–Kier alpha value is -3.43. The van der Waals surface area contributed by atoms with Crippen LogP contribution < -0.4 is 19.7 Å². The molecule has 0 spiro atoms. The van der Waals surface area contributed by atoms with Crippen LogP contribution in [0.3, 0.4) is 0 Å². The second kappa shape index (κ2) is 11.5. The molecule has 3 aromatic carbocycles. The average Bonchev–Trinajstić information content (AvgIpc) is 2.85. The smallest absolute Gasteiger partial charge is 0.335 e. The number of anilines is 1. The van der Waals surface area contributed by atoms with Gasteiger partial charge >= 0.3 is 6.03 Å². The van der Waals surface area contributed by atoms with Crippen LogP contribution >= 0.6 is 31.9 Å². The minimum Gasteiger partial charge on any atom is -0.490 e. The molecule has 0 unspecified atom stereocenters. The van der Waals surface area contributed by atoms with Crippen LogP contribution in [-0.4, -0.2) is 24.5 Å². The van der Waals surface area contributed by atoms with E-state index in [4.69, 9.17) is 9.47 Å². The van der Waals surface area contributed by atoms with Crippen molar-refractivity contribution in [2.24, 2.45) is 0 Å². The Balaban J connectivity index is 1.66. The van der Waals surface area contributed by atoms with Crippen molar-refractivity contribution >= 4 is 61.5 Å². The molecule has 4 amide bonds. The van der Waals surface area contributed by atoms with Gasteiger partial charge in [0.15, 0.2) is 11.5 Å². The molecule has 0 aliphatic carbocycles. The number of ether oxygens (including phenoxy) is 2. The third kappa shape index (κ3) is 5.84. The second-order valence-electron chi connectivity index (χ2n) is 8.86. The molecule has 9 heteroatoms. The lowest BCUT2D eigenvalue weighted by molar-refractivity contribution is -0.122. The molecule has 1 fully saturated rings. The predicted molar refractivity (Wildman–Crippen MR) is 153 cm³/mol. The summed E-state index contributed by atoms with van der Waals surface area (Å²) in [6.45, 7) is 8.54. The number of amides is 4. The molecule has 0 bridgehead atoms. The molecule has 3 aromatic rings. The van der Waals surface area contributed by atoms with Gasteiger partial charge in [0.1, 0.15) is 12.2 Å². The molecule has 1 aliphatic rings. The van der Waals surface area contributed by atoms with Crippen LogP contribution in [0.5, 0.6) is 11.5 Å². The lowest BCUT2D eigenvalue weighted by Gasteiger charge is -2.26. The minimum absolute atomic E-state index is 0.177. The average molecular weight is 642 g/mol. The molecule has 0 aromatic heterocycles. The van der Waals surface area contributed by atoms with Gasteiger partial charge in [0.05, 0.1) is 16.8 Å². The fourth-order valence-corrected chi connectivity index (χ4v) is 4.77. The fourth-order valence-electron chi connectivity index (χ4n) is 3.95. The topological polar surface area (TPSA) is 84.9 Å². The Morgan fingerprint density at radius 2 is 1.63 bits per heavy atom. The number of carbonyl (C=O) groups is 3. The summed E-state index contributed by atoms with van der Waals surface area (Å²) in [5.41, 5.74) is 4.95. The van der Waals surface area contributed by atoms with Gasteiger partial charge in [0.25, 0.3) is 11.8 Å². The summed E-state index contributed by atoms with van der Waals surface area (Å²) in [6, 6.07) is 13.8. The third-order valence-electron chi connectivity index (χ3n) is 6.10. The van der Waals surface area contributed by atoms with E-state index in [-0.39, 0.29) is 5.57 Å². The fraction of sp³-hybridized carbons (Fsp3) is 0.207. The highest BCUT2D eigenvalue weighted by atomic mass is 79.9. The summed E-state index contributed by atoms with van der Waals surface area (Å²) in [7, 11) is 0. The summed E-state index contributed by atoms with van der Waals surface area (Å²) in [6.07, 6.45) is 1.43. The third-order valence-corrected chi connectivity index (χ3v) is 7.58. The highest BCUT2D eigenvalue weighted by molar-refractivity contribution is 9.10. The maximum absolute atomic E-state index is 13.3. The minimum atomic E-state index is -0.801. The van der Waals surface area contributed by atoms with Crippen molar-refractivity contribution < 1.29 is 23.9 Å². The molecule has 0 radical (unpaired) electrons. The van der Waals surface area contributed by atoms with Crippen LogP contribution in [0.1, 0.15) is 34.7 Å². The SMILES string of the molecule is CCOc1cc(/C=C2/C(=O)NC(=O)N(c3ccc(Br)c(C)c3)C2=O)cc(Br)c1OCc1ccc(C)c(C)c1. The van der Waals surface area contributed by atoms with Crippen molar-refractivity contribution in [3.05, 3.63) is 90.9 Å². The number of barbiturate groups is 1. The normalized spacial score (nSPS) is 14.6. The number of nitrogens with one attached hydrogen (secondary N) is 1. The summed E-state index contributed by atoms with van der Waals surface area (Å²) in [5.74, 6) is -0.523. The Kier molecular flexibility index (Phi) is 8.38. The molecule has 0 saturated carbocycles. The zero-order chi connectivity index (χ0) is 27.6. The first-order valence-electron chi connectivity index (χ1n) is 11.9. The first kappa shape index (κ1) is 27.6. The van der Waals surface area contributed by atoms with Crippen molar-refractivity contribution in [1.29, 1.82) is 0 Å². The molecule has 196 valence electrons. The molecule has 4 rings (SSSR count). The van der Waals surface area contributed by atoms with Gasteiger partial charge in [-0.25, -0.2) is 9.69 Å². The molecule has 1 saturated heterocycles. The molecule has 1 N–H and O–H groups in total. The lowest BCUT2D eigenvalue weighted by atomic mass is 10.1. The number of nitrogens with zero attached hydrogens (tertiary/aromatic N) is 1. The molecule has 1 aliphatic heterocycles. The van der Waals surface area contributed by atoms with Gasteiger partial charge < -0.3 is 9.47 Å². The van der Waals surface area contributed by atoms with E-state index in [0.717, 1.165) is 20.5 Å². The van der Waals surface area contributed by atoms with Gasteiger partial charge in [0, 0.05) is 4.47 Å². The maximum Gasteiger partial charge on any atom is 0.335 e. The summed E-state index contributed by atoms with van der Waals surface area (Å²) in [5, 5.41) is 2.25. The molecular weight excluding hydrogens is 616 g/mol. The van der Waals surface area contributed by atoms with E-state index in [2.05, 4.69) is 63.2 Å². The van der Waals surface area contributed by atoms with E-state index in [0.29, 0.717) is 40.4 Å².